The lowest BCUT2D eigenvalue weighted by Gasteiger charge is -2.18. The molecule has 31 heavy (non-hydrogen) atoms. The van der Waals surface area contributed by atoms with Crippen LogP contribution >= 0.6 is 11.8 Å². The molecule has 0 aliphatic heterocycles. The first-order chi connectivity index (χ1) is 14.8. The van der Waals surface area contributed by atoms with Crippen molar-refractivity contribution in [3.8, 4) is 11.4 Å². The SMILES string of the molecule is C=CCn1c(SC(C)C(=O)Nc2c(C)cccc2C(C)C)nnc1-c1cccc(C)c1. The number of para-hydroxylation sites is 1. The smallest absolute Gasteiger partial charge is 0.237 e. The summed E-state index contributed by atoms with van der Waals surface area (Å²) in [6, 6.07) is 14.3. The first-order valence-electron chi connectivity index (χ1n) is 10.5. The number of anilines is 1. The molecule has 162 valence electrons. The summed E-state index contributed by atoms with van der Waals surface area (Å²) in [6.07, 6.45) is 1.82. The van der Waals surface area contributed by atoms with Gasteiger partial charge in [0.15, 0.2) is 11.0 Å². The number of aromatic nitrogens is 3. The molecule has 5 nitrogen and oxygen atoms in total. The van der Waals surface area contributed by atoms with Crippen LogP contribution < -0.4 is 5.32 Å². The van der Waals surface area contributed by atoms with Crippen LogP contribution in [0.1, 0.15) is 43.4 Å². The van der Waals surface area contributed by atoms with E-state index in [1.54, 1.807) is 0 Å². The zero-order valence-corrected chi connectivity index (χ0v) is 19.7. The molecule has 0 spiro atoms. The minimum absolute atomic E-state index is 0.0496. The van der Waals surface area contributed by atoms with E-state index >= 15 is 0 Å². The lowest BCUT2D eigenvalue weighted by Crippen LogP contribution is -2.24. The van der Waals surface area contributed by atoms with Gasteiger partial charge in [0.25, 0.3) is 0 Å². The molecule has 0 bridgehead atoms. The van der Waals surface area contributed by atoms with Crippen LogP contribution in [-0.2, 0) is 11.3 Å². The topological polar surface area (TPSA) is 59.8 Å². The predicted octanol–water partition coefficient (Wildman–Crippen LogP) is 5.99. The summed E-state index contributed by atoms with van der Waals surface area (Å²) in [5.74, 6) is 1.05. The van der Waals surface area contributed by atoms with Gasteiger partial charge in [-0.05, 0) is 43.9 Å². The van der Waals surface area contributed by atoms with Crippen molar-refractivity contribution in [2.24, 2.45) is 0 Å². The number of carbonyl (C=O) groups is 1. The molecule has 0 aliphatic carbocycles. The van der Waals surface area contributed by atoms with Crippen molar-refractivity contribution < 1.29 is 4.79 Å². The lowest BCUT2D eigenvalue weighted by molar-refractivity contribution is -0.115. The number of nitrogens with zero attached hydrogens (tertiary/aromatic N) is 3. The van der Waals surface area contributed by atoms with Crippen molar-refractivity contribution in [3.05, 3.63) is 71.8 Å². The van der Waals surface area contributed by atoms with Gasteiger partial charge in [-0.15, -0.1) is 16.8 Å². The Kier molecular flexibility index (Phi) is 7.33. The molecule has 1 aromatic heterocycles. The highest BCUT2D eigenvalue weighted by Gasteiger charge is 2.22. The van der Waals surface area contributed by atoms with Gasteiger partial charge in [0.2, 0.25) is 5.91 Å². The van der Waals surface area contributed by atoms with Gasteiger partial charge in [-0.3, -0.25) is 9.36 Å². The molecule has 0 saturated carbocycles. The van der Waals surface area contributed by atoms with Crippen molar-refractivity contribution in [1.82, 2.24) is 14.8 Å². The molecule has 1 N–H and O–H groups in total. The van der Waals surface area contributed by atoms with E-state index in [1.165, 1.54) is 11.8 Å². The van der Waals surface area contributed by atoms with Gasteiger partial charge in [0.05, 0.1) is 5.25 Å². The van der Waals surface area contributed by atoms with Crippen LogP contribution in [0.15, 0.2) is 60.3 Å². The second-order valence-corrected chi connectivity index (χ2v) is 9.33. The monoisotopic (exact) mass is 434 g/mol. The summed E-state index contributed by atoms with van der Waals surface area (Å²) < 4.78 is 2.00. The maximum absolute atomic E-state index is 13.0. The number of hydrogen-bond acceptors (Lipinski definition) is 4. The summed E-state index contributed by atoms with van der Waals surface area (Å²) in [4.78, 5) is 13.0. The van der Waals surface area contributed by atoms with Crippen molar-refractivity contribution in [2.45, 2.75) is 57.5 Å². The third kappa shape index (κ3) is 5.25. The number of thioether (sulfide) groups is 1. The first kappa shape index (κ1) is 22.8. The summed E-state index contributed by atoms with van der Waals surface area (Å²) in [5, 5.41) is 12.3. The highest BCUT2D eigenvalue weighted by molar-refractivity contribution is 8.00. The number of rotatable bonds is 8. The zero-order valence-electron chi connectivity index (χ0n) is 18.8. The maximum atomic E-state index is 13.0. The van der Waals surface area contributed by atoms with E-state index in [9.17, 15) is 4.79 Å². The van der Waals surface area contributed by atoms with E-state index in [0.29, 0.717) is 17.6 Å². The van der Waals surface area contributed by atoms with Crippen LogP contribution in [0.3, 0.4) is 0 Å². The van der Waals surface area contributed by atoms with Crippen LogP contribution in [0, 0.1) is 13.8 Å². The van der Waals surface area contributed by atoms with Gasteiger partial charge in [-0.1, -0.05) is 73.6 Å². The number of aryl methyl sites for hydroxylation is 2. The second-order valence-electron chi connectivity index (χ2n) is 8.02. The van der Waals surface area contributed by atoms with E-state index in [0.717, 1.165) is 33.8 Å². The van der Waals surface area contributed by atoms with Gasteiger partial charge in [-0.2, -0.15) is 0 Å². The summed E-state index contributed by atoms with van der Waals surface area (Å²) in [5.41, 5.74) is 5.27. The Morgan fingerprint density at radius 3 is 2.58 bits per heavy atom. The fourth-order valence-corrected chi connectivity index (χ4v) is 4.30. The number of nitrogens with one attached hydrogen (secondary N) is 1. The standard InChI is InChI=1S/C25H30N4OS/c1-7-14-29-23(20-12-8-10-17(4)15-20)27-28-25(29)31-19(6)24(30)26-22-18(5)11-9-13-21(22)16(2)3/h7-13,15-16,19H,1,14H2,2-6H3,(H,26,30). The van der Waals surface area contributed by atoms with Crippen LogP contribution in [0.5, 0.6) is 0 Å². The van der Waals surface area contributed by atoms with Gasteiger partial charge in [0.1, 0.15) is 0 Å². The van der Waals surface area contributed by atoms with Crippen LogP contribution in [0.25, 0.3) is 11.4 Å². The third-order valence-electron chi connectivity index (χ3n) is 5.13. The van der Waals surface area contributed by atoms with E-state index in [-0.39, 0.29) is 11.2 Å². The third-order valence-corrected chi connectivity index (χ3v) is 6.21. The van der Waals surface area contributed by atoms with Crippen molar-refractivity contribution in [1.29, 1.82) is 0 Å². The number of amides is 1. The van der Waals surface area contributed by atoms with Gasteiger partial charge >= 0.3 is 0 Å². The molecular formula is C25H30N4OS. The van der Waals surface area contributed by atoms with E-state index in [1.807, 2.05) is 48.8 Å². The molecule has 0 radical (unpaired) electrons. The average Bonchev–Trinajstić information content (AvgIpc) is 3.11. The quantitative estimate of drug-likeness (QED) is 0.349. The molecule has 0 saturated heterocycles. The molecule has 1 amide bonds. The van der Waals surface area contributed by atoms with Crippen LogP contribution in [-0.4, -0.2) is 25.9 Å². The maximum Gasteiger partial charge on any atom is 0.237 e. The van der Waals surface area contributed by atoms with Gasteiger partial charge in [-0.25, -0.2) is 0 Å². The van der Waals surface area contributed by atoms with Crippen LogP contribution in [0.4, 0.5) is 5.69 Å². The minimum atomic E-state index is -0.335. The summed E-state index contributed by atoms with van der Waals surface area (Å²) >= 11 is 1.41. The van der Waals surface area contributed by atoms with Gasteiger partial charge < -0.3 is 5.32 Å². The lowest BCUT2D eigenvalue weighted by atomic mass is 9.98. The second kappa shape index (κ2) is 9.96. The number of benzene rings is 2. The Morgan fingerprint density at radius 2 is 1.90 bits per heavy atom. The molecule has 2 aromatic carbocycles. The fourth-order valence-electron chi connectivity index (χ4n) is 3.45. The van der Waals surface area contributed by atoms with E-state index in [2.05, 4.69) is 61.1 Å². The Bertz CT molecular complexity index is 1090. The van der Waals surface area contributed by atoms with Crippen molar-refractivity contribution >= 4 is 23.4 Å². The van der Waals surface area contributed by atoms with Gasteiger partial charge in [0, 0.05) is 17.8 Å². The molecule has 3 aromatic rings. The molecule has 6 heteroatoms. The summed E-state index contributed by atoms with van der Waals surface area (Å²) in [7, 11) is 0. The Labute approximate surface area is 189 Å². The Hall–Kier alpha value is -2.86. The number of carbonyl (C=O) groups excluding carboxylic acids is 1. The molecule has 3 rings (SSSR count). The fraction of sp³-hybridized carbons (Fsp3) is 0.320. The molecule has 1 atom stereocenters. The molecule has 1 unspecified atom stereocenters. The normalized spacial score (nSPS) is 12.1. The van der Waals surface area contributed by atoms with Crippen LogP contribution in [0.2, 0.25) is 0 Å². The summed E-state index contributed by atoms with van der Waals surface area (Å²) in [6.45, 7) is 14.7. The average molecular weight is 435 g/mol. The minimum Gasteiger partial charge on any atom is -0.325 e. The zero-order chi connectivity index (χ0) is 22.5. The highest BCUT2D eigenvalue weighted by Crippen LogP contribution is 2.30. The molecular weight excluding hydrogens is 404 g/mol. The van der Waals surface area contributed by atoms with E-state index < -0.39 is 0 Å². The Morgan fingerprint density at radius 1 is 1.16 bits per heavy atom. The van der Waals surface area contributed by atoms with E-state index in [4.69, 9.17) is 0 Å². The first-order valence-corrected chi connectivity index (χ1v) is 11.4. The molecule has 0 aliphatic rings. The Balaban J connectivity index is 1.83. The number of allylic oxidation sites excluding steroid dienone is 1. The molecule has 1 heterocycles. The van der Waals surface area contributed by atoms with Crippen molar-refractivity contribution in [3.63, 3.8) is 0 Å². The van der Waals surface area contributed by atoms with Crippen molar-refractivity contribution in [2.75, 3.05) is 5.32 Å². The predicted molar refractivity (Wildman–Crippen MR) is 130 cm³/mol. The number of hydrogen-bond donors (Lipinski definition) is 1. The highest BCUT2D eigenvalue weighted by atomic mass is 32.2. The largest absolute Gasteiger partial charge is 0.325 e. The molecule has 0 fully saturated rings.